The normalized spacial score (nSPS) is 13.4. The highest BCUT2D eigenvalue weighted by Crippen LogP contribution is 2.42. The molecule has 1 aliphatic carbocycles. The van der Waals surface area contributed by atoms with Gasteiger partial charge in [-0.2, -0.15) is 0 Å². The fourth-order valence-electron chi connectivity index (χ4n) is 3.65. The third kappa shape index (κ3) is 5.43. The number of ketones is 2. The quantitative estimate of drug-likeness (QED) is 0.116. The van der Waals surface area contributed by atoms with Gasteiger partial charge in [0.15, 0.2) is 8.38 Å². The lowest BCUT2D eigenvalue weighted by molar-refractivity contribution is 0.0975. The van der Waals surface area contributed by atoms with E-state index < -0.39 is 19.9 Å². The van der Waals surface area contributed by atoms with Gasteiger partial charge in [0.1, 0.15) is 11.5 Å². The van der Waals surface area contributed by atoms with Crippen LogP contribution in [-0.2, 0) is 4.52 Å². The summed E-state index contributed by atoms with van der Waals surface area (Å²) in [5, 5.41) is 38.7. The summed E-state index contributed by atoms with van der Waals surface area (Å²) in [4.78, 5) is 36.7. The highest BCUT2D eigenvalue weighted by atomic mass is 31.2. The van der Waals surface area contributed by atoms with E-state index in [1.54, 1.807) is 19.1 Å². The van der Waals surface area contributed by atoms with Crippen molar-refractivity contribution in [2.24, 2.45) is 0 Å². The Hall–Kier alpha value is -2.75. The summed E-state index contributed by atoms with van der Waals surface area (Å²) in [6.07, 6.45) is 0.319. The number of phenols is 2. The molecular weight excluding hydrogens is 449 g/mol. The molecular formula is C22H28N3O7P. The number of carbonyl (C=O) groups excluding carboxylic acids is 2. The number of anilines is 2. The van der Waals surface area contributed by atoms with Crippen molar-refractivity contribution < 1.29 is 34.3 Å². The van der Waals surface area contributed by atoms with Gasteiger partial charge in [-0.3, -0.25) is 9.59 Å². The van der Waals surface area contributed by atoms with Crippen LogP contribution in [0.4, 0.5) is 11.4 Å². The van der Waals surface area contributed by atoms with Gasteiger partial charge in [0.25, 0.3) is 0 Å². The smallest absolute Gasteiger partial charge is 0.200 e. The summed E-state index contributed by atoms with van der Waals surface area (Å²) >= 11 is 0. The molecule has 2 aromatic rings. The number of aliphatic hydroxyl groups is 1. The highest BCUT2D eigenvalue weighted by molar-refractivity contribution is 7.46. The molecule has 0 bridgehead atoms. The summed E-state index contributed by atoms with van der Waals surface area (Å²) < 4.78 is 5.16. The van der Waals surface area contributed by atoms with E-state index in [0.29, 0.717) is 50.3 Å². The van der Waals surface area contributed by atoms with Crippen molar-refractivity contribution >= 4 is 31.3 Å². The maximum Gasteiger partial charge on any atom is 0.200 e. The molecule has 0 saturated carbocycles. The number of aliphatic hydroxyl groups excluding tert-OH is 1. The molecule has 0 radical (unpaired) electrons. The van der Waals surface area contributed by atoms with Crippen LogP contribution >= 0.6 is 8.38 Å². The van der Waals surface area contributed by atoms with E-state index in [1.165, 1.54) is 12.1 Å². The molecule has 1 aliphatic rings. The van der Waals surface area contributed by atoms with Crippen molar-refractivity contribution in [1.29, 1.82) is 0 Å². The second kappa shape index (κ2) is 11.4. The second-order valence-corrected chi connectivity index (χ2v) is 8.65. The van der Waals surface area contributed by atoms with Crippen LogP contribution in [0.1, 0.15) is 38.8 Å². The lowest BCUT2D eigenvalue weighted by Crippen LogP contribution is -2.27. The number of benzene rings is 2. The maximum atomic E-state index is 13.4. The summed E-state index contributed by atoms with van der Waals surface area (Å²) in [5.41, 5.74) is 0.488. The number of fused-ring (bicyclic) bond motifs is 2. The Labute approximate surface area is 192 Å². The predicted octanol–water partition coefficient (Wildman–Crippen LogP) is 1.62. The van der Waals surface area contributed by atoms with Gasteiger partial charge in [-0.25, -0.2) is 0 Å². The average Bonchev–Trinajstić information content (AvgIpc) is 2.79. The second-order valence-electron chi connectivity index (χ2n) is 7.24. The number of hydrogen-bond acceptors (Lipinski definition) is 10. The number of carbonyl (C=O) groups is 2. The third-order valence-corrected chi connectivity index (χ3v) is 6.24. The first-order valence-electron chi connectivity index (χ1n) is 10.6. The summed E-state index contributed by atoms with van der Waals surface area (Å²) in [7, 11) is -1.60. The molecule has 1 atom stereocenters. The Morgan fingerprint density at radius 1 is 0.818 bits per heavy atom. The van der Waals surface area contributed by atoms with Crippen molar-refractivity contribution in [3.8, 4) is 11.5 Å². The standard InChI is InChI=1S/C22H28N3O7P/c1-2-32-33(31)12-10-25-14-4-3-13(24-8-7-23-9-11-26)17-18(14)22(30)20-16(28)6-5-15(27)19(20)21(17)29/h3-6,23-28,31H,2,7-12H2,1H3. The first-order valence-corrected chi connectivity index (χ1v) is 12.0. The van der Waals surface area contributed by atoms with Crippen molar-refractivity contribution in [1.82, 2.24) is 5.32 Å². The Morgan fingerprint density at radius 2 is 1.36 bits per heavy atom. The molecule has 3 rings (SSSR count). The lowest BCUT2D eigenvalue weighted by Gasteiger charge is -2.25. The van der Waals surface area contributed by atoms with E-state index in [-0.39, 0.29) is 40.4 Å². The molecule has 0 saturated heterocycles. The molecule has 1 unspecified atom stereocenters. The number of rotatable bonds is 12. The molecule has 7 N–H and O–H groups in total. The maximum absolute atomic E-state index is 13.4. The zero-order valence-corrected chi connectivity index (χ0v) is 19.1. The first-order chi connectivity index (χ1) is 15.9. The van der Waals surface area contributed by atoms with Crippen LogP contribution in [0.2, 0.25) is 0 Å². The number of phenolic OH excluding ortho intramolecular Hbond substituents is 2. The Balaban J connectivity index is 1.97. The SMILES string of the molecule is CCOP(O)CCNc1ccc(NCCNCCO)c2c1C(=O)c1c(O)ccc(O)c1C2=O. The largest absolute Gasteiger partial charge is 0.507 e. The van der Waals surface area contributed by atoms with Crippen LogP contribution < -0.4 is 16.0 Å². The lowest BCUT2D eigenvalue weighted by atomic mass is 9.81. The molecule has 11 heteroatoms. The van der Waals surface area contributed by atoms with Gasteiger partial charge in [0, 0.05) is 43.7 Å². The fraction of sp³-hybridized carbons (Fsp3) is 0.364. The van der Waals surface area contributed by atoms with Crippen molar-refractivity contribution in [2.75, 3.05) is 56.2 Å². The van der Waals surface area contributed by atoms with Crippen LogP contribution in [0.5, 0.6) is 11.5 Å². The predicted molar refractivity (Wildman–Crippen MR) is 126 cm³/mol. The minimum atomic E-state index is -1.60. The molecule has 0 amide bonds. The van der Waals surface area contributed by atoms with Gasteiger partial charge in [-0.15, -0.1) is 0 Å². The molecule has 33 heavy (non-hydrogen) atoms. The van der Waals surface area contributed by atoms with Gasteiger partial charge < -0.3 is 40.7 Å². The van der Waals surface area contributed by atoms with Crippen LogP contribution in [0.15, 0.2) is 24.3 Å². The van der Waals surface area contributed by atoms with Crippen molar-refractivity contribution in [2.45, 2.75) is 6.92 Å². The highest BCUT2D eigenvalue weighted by Gasteiger charge is 2.37. The first kappa shape index (κ1) is 24.9. The molecule has 0 fully saturated rings. The topological polar surface area (TPSA) is 160 Å². The molecule has 178 valence electrons. The molecule has 0 spiro atoms. The molecule has 0 heterocycles. The third-order valence-electron chi connectivity index (χ3n) is 5.08. The summed E-state index contributed by atoms with van der Waals surface area (Å²) in [6.45, 7) is 3.83. The Morgan fingerprint density at radius 3 is 1.88 bits per heavy atom. The van der Waals surface area contributed by atoms with Crippen LogP contribution in [0.3, 0.4) is 0 Å². The number of hydrogen-bond donors (Lipinski definition) is 7. The minimum absolute atomic E-state index is 0.00162. The van der Waals surface area contributed by atoms with Gasteiger partial charge in [-0.1, -0.05) is 0 Å². The number of nitrogens with one attached hydrogen (secondary N) is 3. The molecule has 0 aromatic heterocycles. The molecule has 10 nitrogen and oxygen atoms in total. The van der Waals surface area contributed by atoms with E-state index in [0.717, 1.165) is 0 Å². The fourth-order valence-corrected chi connectivity index (χ4v) is 4.38. The van der Waals surface area contributed by atoms with Crippen molar-refractivity contribution in [3.05, 3.63) is 46.5 Å². The molecule has 0 aliphatic heterocycles. The van der Waals surface area contributed by atoms with E-state index in [4.69, 9.17) is 9.63 Å². The van der Waals surface area contributed by atoms with E-state index in [2.05, 4.69) is 16.0 Å². The van der Waals surface area contributed by atoms with E-state index in [1.807, 2.05) is 0 Å². The van der Waals surface area contributed by atoms with Crippen LogP contribution in [0, 0.1) is 0 Å². The Bertz CT molecular complexity index is 1030. The molecule has 2 aromatic carbocycles. The zero-order valence-electron chi connectivity index (χ0n) is 18.2. The van der Waals surface area contributed by atoms with Gasteiger partial charge in [0.05, 0.1) is 35.5 Å². The van der Waals surface area contributed by atoms with E-state index >= 15 is 0 Å². The zero-order chi connectivity index (χ0) is 24.0. The number of aromatic hydroxyl groups is 2. The average molecular weight is 477 g/mol. The van der Waals surface area contributed by atoms with Gasteiger partial charge >= 0.3 is 0 Å². The summed E-state index contributed by atoms with van der Waals surface area (Å²) in [5.74, 6) is -1.95. The van der Waals surface area contributed by atoms with Crippen molar-refractivity contribution in [3.63, 3.8) is 0 Å². The minimum Gasteiger partial charge on any atom is -0.507 e. The van der Waals surface area contributed by atoms with Crippen LogP contribution in [0.25, 0.3) is 0 Å². The van der Waals surface area contributed by atoms with Crippen LogP contribution in [-0.4, -0.2) is 77.3 Å². The summed E-state index contributed by atoms with van der Waals surface area (Å²) in [6, 6.07) is 5.66. The van der Waals surface area contributed by atoms with Gasteiger partial charge in [-0.05, 0) is 31.2 Å². The monoisotopic (exact) mass is 477 g/mol. The Kier molecular flexibility index (Phi) is 8.60. The van der Waals surface area contributed by atoms with E-state index in [9.17, 15) is 24.7 Å². The van der Waals surface area contributed by atoms with Gasteiger partial charge in [0.2, 0.25) is 11.6 Å².